The summed E-state index contributed by atoms with van der Waals surface area (Å²) in [5.41, 5.74) is 0.723. The van der Waals surface area contributed by atoms with Crippen molar-refractivity contribution in [3.8, 4) is 0 Å². The van der Waals surface area contributed by atoms with E-state index >= 15 is 0 Å². The summed E-state index contributed by atoms with van der Waals surface area (Å²) >= 11 is 0.753. The van der Waals surface area contributed by atoms with E-state index in [0.29, 0.717) is 18.8 Å². The molecular formula is C18H20FN3O3S2. The van der Waals surface area contributed by atoms with Crippen LogP contribution in [0.2, 0.25) is 0 Å². The largest absolute Gasteiger partial charge is 0.389 e. The van der Waals surface area contributed by atoms with Crippen LogP contribution in [0.25, 0.3) is 0 Å². The summed E-state index contributed by atoms with van der Waals surface area (Å²) in [6.45, 7) is 3.07. The van der Waals surface area contributed by atoms with Crippen molar-refractivity contribution in [3.05, 3.63) is 41.2 Å². The number of nitrogens with one attached hydrogen (secondary N) is 1. The van der Waals surface area contributed by atoms with Gasteiger partial charge in [-0.2, -0.15) is 14.9 Å². The van der Waals surface area contributed by atoms with Crippen LogP contribution in [0.5, 0.6) is 0 Å². The monoisotopic (exact) mass is 409 g/mol. The maximum Gasteiger partial charge on any atom is 0.280 e. The molecule has 0 aliphatic carbocycles. The quantitative estimate of drug-likeness (QED) is 0.450. The molecule has 2 atom stereocenters. The third-order valence-electron chi connectivity index (χ3n) is 3.95. The lowest BCUT2D eigenvalue weighted by atomic mass is 10.1. The van der Waals surface area contributed by atoms with Gasteiger partial charge < -0.3 is 9.57 Å². The van der Waals surface area contributed by atoms with E-state index in [1.807, 2.05) is 31.2 Å². The van der Waals surface area contributed by atoms with Crippen LogP contribution in [0, 0.1) is 5.13 Å². The number of anilines is 1. The zero-order chi connectivity index (χ0) is 19.2. The van der Waals surface area contributed by atoms with E-state index in [9.17, 15) is 9.18 Å². The number of rotatable bonds is 6. The number of hydrogen-bond acceptors (Lipinski definition) is 6. The molecule has 1 aliphatic rings. The van der Waals surface area contributed by atoms with Crippen LogP contribution >= 0.6 is 21.8 Å². The van der Waals surface area contributed by atoms with Gasteiger partial charge in [0.05, 0.1) is 19.4 Å². The van der Waals surface area contributed by atoms with Crippen molar-refractivity contribution in [1.29, 1.82) is 0 Å². The number of amides is 1. The molecule has 1 fully saturated rings. The number of halogens is 1. The van der Waals surface area contributed by atoms with Gasteiger partial charge in [0.25, 0.3) is 5.91 Å². The molecule has 1 aromatic carbocycles. The smallest absolute Gasteiger partial charge is 0.280 e. The Morgan fingerprint density at radius 3 is 2.85 bits per heavy atom. The molecule has 9 heteroatoms. The van der Waals surface area contributed by atoms with E-state index in [0.717, 1.165) is 28.8 Å². The topological polar surface area (TPSA) is 72.8 Å². The van der Waals surface area contributed by atoms with Crippen LogP contribution < -0.4 is 5.32 Å². The minimum absolute atomic E-state index is 0.0298. The minimum atomic E-state index is -0.506. The van der Waals surface area contributed by atoms with Gasteiger partial charge in [0.2, 0.25) is 0 Å². The summed E-state index contributed by atoms with van der Waals surface area (Å²) in [6, 6.07) is 7.58. The molecule has 2 aromatic rings. The number of carbonyl (C=O) groups is 1. The summed E-state index contributed by atoms with van der Waals surface area (Å²) in [5, 5.41) is 8.46. The molecule has 3 rings (SSSR count). The van der Waals surface area contributed by atoms with E-state index in [1.165, 1.54) is 0 Å². The molecule has 144 valence electrons. The maximum atomic E-state index is 13.1. The van der Waals surface area contributed by atoms with Gasteiger partial charge in [-0.05, 0) is 25.3 Å². The summed E-state index contributed by atoms with van der Waals surface area (Å²) < 4.78 is 18.4. The Morgan fingerprint density at radius 2 is 2.26 bits per heavy atom. The lowest BCUT2D eigenvalue weighted by molar-refractivity contribution is -0.110. The molecule has 1 aliphatic heterocycles. The van der Waals surface area contributed by atoms with Crippen molar-refractivity contribution in [2.45, 2.75) is 24.3 Å². The Bertz CT molecular complexity index is 859. The molecule has 2 heterocycles. The highest BCUT2D eigenvalue weighted by atomic mass is 32.2. The summed E-state index contributed by atoms with van der Waals surface area (Å²) in [5.74, 6) is -0.506. The van der Waals surface area contributed by atoms with E-state index in [1.54, 1.807) is 0 Å². The highest BCUT2D eigenvalue weighted by molar-refractivity contribution is 8.14. The summed E-state index contributed by atoms with van der Waals surface area (Å²) in [7, 11) is 0.0298. The van der Waals surface area contributed by atoms with E-state index in [4.69, 9.17) is 9.57 Å². The summed E-state index contributed by atoms with van der Waals surface area (Å²) in [4.78, 5) is 23.1. The number of benzene rings is 1. The number of ether oxygens (including phenoxy) is 1. The molecule has 1 amide bonds. The van der Waals surface area contributed by atoms with Gasteiger partial charge in [-0.25, -0.2) is 4.98 Å². The molecule has 0 bridgehead atoms. The van der Waals surface area contributed by atoms with Crippen molar-refractivity contribution in [3.63, 3.8) is 0 Å². The van der Waals surface area contributed by atoms with Gasteiger partial charge in [-0.15, -0.1) is 0 Å². The fourth-order valence-corrected chi connectivity index (χ4v) is 3.76. The molecule has 1 unspecified atom stereocenters. The molecule has 0 spiro atoms. The van der Waals surface area contributed by atoms with E-state index in [-0.39, 0.29) is 27.4 Å². The zero-order valence-electron chi connectivity index (χ0n) is 15.0. The maximum absolute atomic E-state index is 13.1. The number of thiazole rings is 1. The Labute approximate surface area is 163 Å². The van der Waals surface area contributed by atoms with E-state index in [2.05, 4.69) is 27.1 Å². The van der Waals surface area contributed by atoms with Crippen molar-refractivity contribution < 1.29 is 18.8 Å². The van der Waals surface area contributed by atoms with Gasteiger partial charge in [0.1, 0.15) is 0 Å². The SMILES string of the molecule is C/C=S(\C)c1ccc(/C(=N\O[C@@H]2CCOC2)C(=O)Nc2ncc(F)s2)cc1. The zero-order valence-corrected chi connectivity index (χ0v) is 16.6. The van der Waals surface area contributed by atoms with Gasteiger partial charge in [0, 0.05) is 16.9 Å². The van der Waals surface area contributed by atoms with Crippen LogP contribution in [0.3, 0.4) is 0 Å². The molecule has 1 aromatic heterocycles. The number of hydrogen-bond donors (Lipinski definition) is 1. The van der Waals surface area contributed by atoms with Gasteiger partial charge >= 0.3 is 0 Å². The predicted octanol–water partition coefficient (Wildman–Crippen LogP) is 3.51. The molecule has 1 saturated heterocycles. The second-order valence-corrected chi connectivity index (χ2v) is 8.81. The molecule has 1 N–H and O–H groups in total. The Balaban J connectivity index is 1.84. The highest BCUT2D eigenvalue weighted by Gasteiger charge is 2.21. The van der Waals surface area contributed by atoms with Crippen LogP contribution in [0.15, 0.2) is 40.5 Å². The standard InChI is InChI=1S/C18H20FN3O3S2/c1-3-27(2)14-6-4-12(5-7-14)16(22-25-13-8-9-24-11-13)17(23)21-18-20-10-15(19)26-18/h3-7,10,13H,8-9,11H2,1-2H3,(H,20,21,23)/b22-16+/t13-,27?/m1/s1. The van der Waals surface area contributed by atoms with Crippen LogP contribution in [-0.4, -0.2) is 47.5 Å². The van der Waals surface area contributed by atoms with Gasteiger partial charge in [0.15, 0.2) is 22.1 Å². The lowest BCUT2D eigenvalue weighted by Crippen LogP contribution is -2.25. The molecule has 27 heavy (non-hydrogen) atoms. The number of nitrogens with zero attached hydrogens (tertiary/aromatic N) is 2. The van der Waals surface area contributed by atoms with Crippen molar-refractivity contribution in [1.82, 2.24) is 4.98 Å². The van der Waals surface area contributed by atoms with Crippen molar-refractivity contribution >= 4 is 43.9 Å². The fraction of sp³-hybridized carbons (Fsp3) is 0.333. The van der Waals surface area contributed by atoms with Crippen molar-refractivity contribution in [2.75, 3.05) is 24.8 Å². The fourth-order valence-electron chi connectivity index (χ4n) is 2.38. The van der Waals surface area contributed by atoms with Crippen LogP contribution in [0.4, 0.5) is 9.52 Å². The first-order valence-electron chi connectivity index (χ1n) is 8.35. The average molecular weight is 410 g/mol. The van der Waals surface area contributed by atoms with Gasteiger partial charge in [-0.1, -0.05) is 34.0 Å². The van der Waals surface area contributed by atoms with Crippen LogP contribution in [-0.2, 0) is 14.4 Å². The normalized spacial score (nSPS) is 18.5. The second-order valence-electron chi connectivity index (χ2n) is 5.77. The average Bonchev–Trinajstić information content (AvgIpc) is 3.33. The molecule has 0 radical (unpaired) electrons. The molecule has 0 saturated carbocycles. The second kappa shape index (κ2) is 9.20. The first-order valence-corrected chi connectivity index (χ1v) is 10.9. The molecular weight excluding hydrogens is 389 g/mol. The first kappa shape index (κ1) is 19.7. The Kier molecular flexibility index (Phi) is 6.70. The third kappa shape index (κ3) is 5.21. The van der Waals surface area contributed by atoms with Gasteiger partial charge in [-0.3, -0.25) is 10.1 Å². The lowest BCUT2D eigenvalue weighted by Gasteiger charge is -2.10. The number of aromatic nitrogens is 1. The highest BCUT2D eigenvalue weighted by Crippen LogP contribution is 2.23. The summed E-state index contributed by atoms with van der Waals surface area (Å²) in [6.07, 6.45) is 3.72. The van der Waals surface area contributed by atoms with E-state index < -0.39 is 11.0 Å². The minimum Gasteiger partial charge on any atom is -0.389 e. The number of carbonyl (C=O) groups excluding carboxylic acids is 1. The Morgan fingerprint density at radius 1 is 1.48 bits per heavy atom. The van der Waals surface area contributed by atoms with Crippen molar-refractivity contribution in [2.24, 2.45) is 5.16 Å². The number of oxime groups is 1. The van der Waals surface area contributed by atoms with Crippen LogP contribution in [0.1, 0.15) is 18.9 Å². The molecule has 6 nitrogen and oxygen atoms in total. The first-order chi connectivity index (χ1) is 13.1. The predicted molar refractivity (Wildman–Crippen MR) is 108 cm³/mol. The Hall–Kier alpha value is -2.10. The third-order valence-corrected chi connectivity index (χ3v) is 6.37.